The van der Waals surface area contributed by atoms with E-state index in [1.54, 1.807) is 28.9 Å². The molecule has 0 bridgehead atoms. The summed E-state index contributed by atoms with van der Waals surface area (Å²) in [5.74, 6) is 7.29. The number of likely N-dealkylation sites (tertiary alicyclic amines) is 1. The Kier molecular flexibility index (Phi) is 11.2. The molecule has 2 N–H and O–H groups in total. The van der Waals surface area contributed by atoms with Gasteiger partial charge < -0.3 is 9.64 Å². The fourth-order valence-corrected chi connectivity index (χ4v) is 7.49. The zero-order chi connectivity index (χ0) is 37.9. The lowest BCUT2D eigenvalue weighted by Crippen LogP contribution is -2.46. The third-order valence-corrected chi connectivity index (χ3v) is 11.9. The van der Waals surface area contributed by atoms with Crippen LogP contribution in [-0.4, -0.2) is 67.2 Å². The van der Waals surface area contributed by atoms with E-state index in [4.69, 9.17) is 15.7 Å². The van der Waals surface area contributed by atoms with Crippen LogP contribution in [0.3, 0.4) is 0 Å². The largest absolute Gasteiger partial charge is 0.480 e. The van der Waals surface area contributed by atoms with E-state index in [0.717, 1.165) is 55.0 Å². The van der Waals surface area contributed by atoms with E-state index in [2.05, 4.69) is 74.1 Å². The van der Waals surface area contributed by atoms with Crippen LogP contribution in [0, 0.1) is 0 Å². The predicted octanol–water partition coefficient (Wildman–Crippen LogP) is 7.02. The summed E-state index contributed by atoms with van der Waals surface area (Å²) in [5.41, 5.74) is 4.01. The molecule has 13 heteroatoms. The van der Waals surface area contributed by atoms with Crippen molar-refractivity contribution in [2.45, 2.75) is 108 Å². The monoisotopic (exact) mass is 737 g/mol. The zero-order valence-electron chi connectivity index (χ0n) is 31.8. The predicted molar refractivity (Wildman–Crippen MR) is 210 cm³/mol. The number of hydrogen-bond acceptors (Lipinski definition) is 10. The Labute approximate surface area is 316 Å². The van der Waals surface area contributed by atoms with Crippen molar-refractivity contribution in [1.29, 1.82) is 0 Å². The number of nitrogens with zero attached hydrogens (tertiary/aromatic N) is 8. The summed E-state index contributed by atoms with van der Waals surface area (Å²) in [6.45, 7) is 16.8. The number of thioether (sulfide) groups is 1. The van der Waals surface area contributed by atoms with Gasteiger partial charge in [0, 0.05) is 18.7 Å². The van der Waals surface area contributed by atoms with Gasteiger partial charge in [0.15, 0.2) is 11.4 Å². The molecule has 1 saturated heterocycles. The smallest absolute Gasteiger partial charge is 0.282 e. The summed E-state index contributed by atoms with van der Waals surface area (Å²) in [5, 5.41) is 19.6. The van der Waals surface area contributed by atoms with Gasteiger partial charge in [-0.05, 0) is 101 Å². The minimum absolute atomic E-state index is 0.0124. The molecular weight excluding hydrogens is 687 g/mol. The van der Waals surface area contributed by atoms with E-state index in [9.17, 15) is 9.59 Å². The SMILES string of the molecule is CCC(Oc1ccc(C(C)(C)CC)cc1C(C)(C)CC)C(=O)N(N)c1ccc(N2N=C(N3CCCC3)C(Sc3nnnn3-c3ccccc3)C2=O)cc1. The maximum Gasteiger partial charge on any atom is 0.282 e. The number of amides is 2. The minimum Gasteiger partial charge on any atom is -0.480 e. The van der Waals surface area contributed by atoms with Crippen LogP contribution >= 0.6 is 11.8 Å². The molecule has 2 unspecified atom stereocenters. The Bertz CT molecular complexity index is 1940. The fraction of sp³-hybridized carbons (Fsp3) is 0.450. The van der Waals surface area contributed by atoms with Crippen LogP contribution in [0.4, 0.5) is 11.4 Å². The molecule has 2 atom stereocenters. The lowest BCUT2D eigenvalue weighted by atomic mass is 9.76. The molecule has 4 aromatic rings. The second kappa shape index (κ2) is 15.7. The van der Waals surface area contributed by atoms with Gasteiger partial charge in [-0.25, -0.2) is 10.9 Å². The highest BCUT2D eigenvalue weighted by Crippen LogP contribution is 2.39. The summed E-state index contributed by atoms with van der Waals surface area (Å²) >= 11 is 1.28. The Morgan fingerprint density at radius 2 is 1.62 bits per heavy atom. The molecule has 2 aliphatic heterocycles. The second-order valence-electron chi connectivity index (χ2n) is 14.9. The number of aromatic nitrogens is 4. The van der Waals surface area contributed by atoms with Gasteiger partial charge in [0.25, 0.3) is 11.8 Å². The number of nitrogens with two attached hydrogens (primary N) is 1. The Balaban J connectivity index is 1.21. The Morgan fingerprint density at radius 1 is 0.943 bits per heavy atom. The minimum atomic E-state index is -0.797. The van der Waals surface area contributed by atoms with Crippen molar-refractivity contribution in [3.63, 3.8) is 0 Å². The average Bonchev–Trinajstić information content (AvgIpc) is 3.95. The molecule has 1 aromatic heterocycles. The van der Waals surface area contributed by atoms with Gasteiger partial charge in [-0.1, -0.05) is 90.6 Å². The highest BCUT2D eigenvalue weighted by Gasteiger charge is 2.42. The molecule has 0 saturated carbocycles. The van der Waals surface area contributed by atoms with Crippen LogP contribution in [0.15, 0.2) is 83.1 Å². The molecule has 0 aliphatic carbocycles. The molecule has 6 rings (SSSR count). The number of hydrogen-bond donors (Lipinski definition) is 1. The summed E-state index contributed by atoms with van der Waals surface area (Å²) in [4.78, 5) is 30.1. The standard InChI is InChI=1S/C40H51N9O3S/c1-8-32(52-33-23-18-27(39(4,5)9-2)26-31(33)40(6,7)10-3)36(50)47(41)28-19-21-30(22-20-28)48-37(51)34(35(43-48)46-24-14-15-25-46)53-38-42-44-45-49(38)29-16-12-11-13-17-29/h11-13,16-23,26,32,34H,8-10,14-15,24-25,41H2,1-7H3. The van der Waals surface area contributed by atoms with Crippen molar-refractivity contribution < 1.29 is 14.3 Å². The van der Waals surface area contributed by atoms with Crippen LogP contribution < -0.4 is 20.6 Å². The number of carbonyl (C=O) groups is 2. The number of anilines is 2. The molecule has 0 spiro atoms. The molecule has 1 fully saturated rings. The number of amidine groups is 1. The Hall–Kier alpha value is -4.75. The van der Waals surface area contributed by atoms with E-state index in [0.29, 0.717) is 34.5 Å². The van der Waals surface area contributed by atoms with E-state index >= 15 is 0 Å². The van der Waals surface area contributed by atoms with Crippen LogP contribution in [-0.2, 0) is 20.4 Å². The van der Waals surface area contributed by atoms with Gasteiger partial charge in [0.2, 0.25) is 5.16 Å². The lowest BCUT2D eigenvalue weighted by Gasteiger charge is -2.32. The third-order valence-electron chi connectivity index (χ3n) is 10.7. The number of ether oxygens (including phenoxy) is 1. The summed E-state index contributed by atoms with van der Waals surface area (Å²) in [6, 6.07) is 22.9. The maximum atomic E-state index is 14.1. The lowest BCUT2D eigenvalue weighted by molar-refractivity contribution is -0.125. The quantitative estimate of drug-likeness (QED) is 0.0873. The summed E-state index contributed by atoms with van der Waals surface area (Å²) in [7, 11) is 0. The molecule has 0 radical (unpaired) electrons. The fourth-order valence-electron chi connectivity index (χ4n) is 6.45. The van der Waals surface area contributed by atoms with Gasteiger partial charge in [-0.2, -0.15) is 14.8 Å². The summed E-state index contributed by atoms with van der Waals surface area (Å²) in [6.07, 6.45) is 3.61. The maximum absolute atomic E-state index is 14.1. The van der Waals surface area contributed by atoms with Crippen LogP contribution in [0.1, 0.15) is 91.7 Å². The molecule has 2 aliphatic rings. The molecule has 2 amide bonds. The van der Waals surface area contributed by atoms with Gasteiger partial charge in [-0.15, -0.1) is 5.10 Å². The van der Waals surface area contributed by atoms with Gasteiger partial charge >= 0.3 is 0 Å². The van der Waals surface area contributed by atoms with E-state index in [-0.39, 0.29) is 22.6 Å². The molecule has 12 nitrogen and oxygen atoms in total. The zero-order valence-corrected chi connectivity index (χ0v) is 32.6. The first-order valence-corrected chi connectivity index (χ1v) is 19.4. The highest BCUT2D eigenvalue weighted by atomic mass is 32.2. The van der Waals surface area contributed by atoms with E-state index in [1.807, 2.05) is 43.3 Å². The number of hydrazone groups is 1. The van der Waals surface area contributed by atoms with Gasteiger partial charge in [0.1, 0.15) is 11.6 Å². The van der Waals surface area contributed by atoms with Crippen molar-refractivity contribution in [2.24, 2.45) is 10.9 Å². The first-order chi connectivity index (χ1) is 25.4. The number of rotatable bonds is 13. The van der Waals surface area contributed by atoms with Crippen LogP contribution in [0.25, 0.3) is 5.69 Å². The van der Waals surface area contributed by atoms with Crippen LogP contribution in [0.2, 0.25) is 0 Å². The first-order valence-electron chi connectivity index (χ1n) is 18.6. The van der Waals surface area contributed by atoms with Crippen molar-refractivity contribution in [1.82, 2.24) is 25.1 Å². The van der Waals surface area contributed by atoms with Gasteiger partial charge in [0.05, 0.1) is 17.1 Å². The first kappa shape index (κ1) is 38.0. The Morgan fingerprint density at radius 3 is 2.26 bits per heavy atom. The molecule has 3 aromatic carbocycles. The third kappa shape index (κ3) is 7.82. The van der Waals surface area contributed by atoms with Crippen molar-refractivity contribution >= 4 is 40.8 Å². The van der Waals surface area contributed by atoms with E-state index < -0.39 is 11.4 Å². The molecular formula is C40H51N9O3S. The molecule has 3 heterocycles. The number of benzene rings is 3. The normalized spacial score (nSPS) is 16.9. The van der Waals surface area contributed by atoms with Crippen molar-refractivity contribution in [2.75, 3.05) is 23.1 Å². The molecule has 280 valence electrons. The number of para-hydroxylation sites is 1. The van der Waals surface area contributed by atoms with Crippen molar-refractivity contribution in [3.8, 4) is 11.4 Å². The number of carbonyl (C=O) groups excluding carboxylic acids is 2. The highest BCUT2D eigenvalue weighted by molar-refractivity contribution is 8.01. The topological polar surface area (TPSA) is 135 Å². The number of hydrazine groups is 1. The second-order valence-corrected chi connectivity index (χ2v) is 16.0. The van der Waals surface area contributed by atoms with Crippen molar-refractivity contribution in [3.05, 3.63) is 83.9 Å². The van der Waals surface area contributed by atoms with Crippen LogP contribution in [0.5, 0.6) is 5.75 Å². The van der Waals surface area contributed by atoms with E-state index in [1.165, 1.54) is 22.3 Å². The molecule has 53 heavy (non-hydrogen) atoms. The average molecular weight is 738 g/mol. The van der Waals surface area contributed by atoms with Gasteiger partial charge in [-0.3, -0.25) is 9.59 Å². The number of tetrazole rings is 1. The summed E-state index contributed by atoms with van der Waals surface area (Å²) < 4.78 is 8.12.